The van der Waals surface area contributed by atoms with E-state index in [9.17, 15) is 9.90 Å². The van der Waals surface area contributed by atoms with Crippen molar-refractivity contribution in [3.8, 4) is 0 Å². The molecule has 0 aromatic heterocycles. The molecule has 1 amide bonds. The summed E-state index contributed by atoms with van der Waals surface area (Å²) in [5.74, 6) is 0.887. The Labute approximate surface area is 211 Å². The van der Waals surface area contributed by atoms with Crippen LogP contribution in [0.25, 0.3) is 0 Å². The summed E-state index contributed by atoms with van der Waals surface area (Å²) in [4.78, 5) is 17.9. The number of aliphatic hydroxyl groups is 1. The van der Waals surface area contributed by atoms with Crippen molar-refractivity contribution < 1.29 is 9.90 Å². The van der Waals surface area contributed by atoms with Crippen LogP contribution in [0.15, 0.2) is 58.6 Å². The zero-order valence-electron chi connectivity index (χ0n) is 22.3. The number of nitrogens with zero attached hydrogens (tertiary/aromatic N) is 2. The van der Waals surface area contributed by atoms with Gasteiger partial charge in [0.25, 0.3) is 5.91 Å². The number of hydrogen-bond donors (Lipinski definition) is 2. The third kappa shape index (κ3) is 4.93. The van der Waals surface area contributed by atoms with Gasteiger partial charge < -0.3 is 15.7 Å². The first-order chi connectivity index (χ1) is 16.6. The fourth-order valence-corrected chi connectivity index (χ4v) is 5.85. The molecule has 1 saturated carbocycles. The summed E-state index contributed by atoms with van der Waals surface area (Å²) in [5.41, 5.74) is 12.6. The molecule has 5 heteroatoms. The van der Waals surface area contributed by atoms with Gasteiger partial charge in [0.15, 0.2) is 0 Å². The molecule has 0 spiro atoms. The molecule has 0 atom stereocenters. The highest BCUT2D eigenvalue weighted by Crippen LogP contribution is 2.51. The SMILES string of the molecule is CCC/C=C1\C(C(N)=O)=C2CCC(C)(C)CC2=C(N2CCC(C)(CO)CC2)N1c1ccccc1C. The highest BCUT2D eigenvalue weighted by Gasteiger charge is 2.42. The molecule has 3 aliphatic rings. The second-order valence-electron chi connectivity index (χ2n) is 11.8. The lowest BCUT2D eigenvalue weighted by Gasteiger charge is -2.49. The average Bonchev–Trinajstić information content (AvgIpc) is 2.82. The number of nitrogens with two attached hydrogens (primary N) is 1. The van der Waals surface area contributed by atoms with Crippen LogP contribution in [0.1, 0.15) is 78.2 Å². The molecule has 0 unspecified atom stereocenters. The number of amides is 1. The van der Waals surface area contributed by atoms with E-state index in [2.05, 4.69) is 74.8 Å². The molecule has 0 bridgehead atoms. The third-order valence-electron chi connectivity index (χ3n) is 8.23. The molecule has 1 aromatic carbocycles. The topological polar surface area (TPSA) is 69.8 Å². The number of likely N-dealkylation sites (tertiary alicyclic amines) is 1. The Balaban J connectivity index is 1.98. The predicted octanol–water partition coefficient (Wildman–Crippen LogP) is 5.80. The Hall–Kier alpha value is -2.53. The molecular formula is C30H43N3O2. The highest BCUT2D eigenvalue weighted by atomic mass is 16.3. The highest BCUT2D eigenvalue weighted by molar-refractivity contribution is 6.01. The van der Waals surface area contributed by atoms with Gasteiger partial charge in [-0.15, -0.1) is 0 Å². The fraction of sp³-hybridized carbons (Fsp3) is 0.567. The number of aliphatic hydroxyl groups excluding tert-OH is 1. The molecule has 1 saturated heterocycles. The molecule has 190 valence electrons. The van der Waals surface area contributed by atoms with Crippen molar-refractivity contribution in [3.05, 3.63) is 64.1 Å². The second-order valence-corrected chi connectivity index (χ2v) is 11.8. The van der Waals surface area contributed by atoms with E-state index in [4.69, 9.17) is 5.73 Å². The fourth-order valence-electron chi connectivity index (χ4n) is 5.85. The molecule has 2 aliphatic heterocycles. The van der Waals surface area contributed by atoms with Gasteiger partial charge in [0, 0.05) is 19.7 Å². The van der Waals surface area contributed by atoms with Crippen molar-refractivity contribution in [2.75, 3.05) is 24.6 Å². The largest absolute Gasteiger partial charge is 0.396 e. The van der Waals surface area contributed by atoms with E-state index in [1.807, 2.05) is 0 Å². The van der Waals surface area contributed by atoms with Crippen LogP contribution in [0.2, 0.25) is 0 Å². The Morgan fingerprint density at radius 3 is 2.40 bits per heavy atom. The molecule has 1 aromatic rings. The van der Waals surface area contributed by atoms with Crippen LogP contribution in [0.5, 0.6) is 0 Å². The number of hydrogen-bond acceptors (Lipinski definition) is 4. The minimum Gasteiger partial charge on any atom is -0.396 e. The number of aryl methyl sites for hydroxylation is 1. The number of allylic oxidation sites excluding steroid dienone is 3. The number of carbonyl (C=O) groups is 1. The molecule has 3 N–H and O–H groups in total. The number of primary amides is 1. The lowest BCUT2D eigenvalue weighted by molar-refractivity contribution is -0.114. The smallest absolute Gasteiger partial charge is 0.251 e. The first-order valence-corrected chi connectivity index (χ1v) is 13.3. The number of para-hydroxylation sites is 1. The molecule has 2 heterocycles. The second kappa shape index (κ2) is 9.85. The zero-order valence-corrected chi connectivity index (χ0v) is 22.3. The van der Waals surface area contributed by atoms with Gasteiger partial charge in [-0.25, -0.2) is 0 Å². The molecule has 0 radical (unpaired) electrons. The Morgan fingerprint density at radius 2 is 1.80 bits per heavy atom. The number of rotatable bonds is 6. The first-order valence-electron chi connectivity index (χ1n) is 13.3. The van der Waals surface area contributed by atoms with Gasteiger partial charge >= 0.3 is 0 Å². The molecule has 2 fully saturated rings. The lowest BCUT2D eigenvalue weighted by atomic mass is 9.69. The summed E-state index contributed by atoms with van der Waals surface area (Å²) in [7, 11) is 0. The van der Waals surface area contributed by atoms with Gasteiger partial charge in [-0.2, -0.15) is 0 Å². The molecule has 4 rings (SSSR count). The van der Waals surface area contributed by atoms with Crippen molar-refractivity contribution in [3.63, 3.8) is 0 Å². The van der Waals surface area contributed by atoms with Crippen LogP contribution in [0, 0.1) is 17.8 Å². The first kappa shape index (κ1) is 25.6. The van der Waals surface area contributed by atoms with Crippen LogP contribution in [-0.4, -0.2) is 35.6 Å². The van der Waals surface area contributed by atoms with Crippen LogP contribution >= 0.6 is 0 Å². The number of anilines is 1. The van der Waals surface area contributed by atoms with E-state index >= 15 is 0 Å². The number of piperidine rings is 1. The standard InChI is InChI=1S/C30H43N3O2/c1-6-7-11-25-26(27(31)35)22-13-14-29(3,4)19-23(22)28(32-17-15-30(5,20-34)16-18-32)33(25)24-12-9-8-10-21(24)2/h8-12,34H,6-7,13-20H2,1-5H3,(H2,31,35)/b25-11+. The van der Waals surface area contributed by atoms with E-state index in [1.165, 1.54) is 17.0 Å². The maximum Gasteiger partial charge on any atom is 0.251 e. The molecular weight excluding hydrogens is 434 g/mol. The van der Waals surface area contributed by atoms with Crippen molar-refractivity contribution in [1.29, 1.82) is 0 Å². The van der Waals surface area contributed by atoms with Gasteiger partial charge in [-0.3, -0.25) is 9.69 Å². The quantitative estimate of drug-likeness (QED) is 0.543. The van der Waals surface area contributed by atoms with Gasteiger partial charge in [-0.1, -0.05) is 58.4 Å². The monoisotopic (exact) mass is 477 g/mol. The summed E-state index contributed by atoms with van der Waals surface area (Å²) in [6.45, 7) is 13.2. The van der Waals surface area contributed by atoms with E-state index in [0.29, 0.717) is 5.57 Å². The molecule has 5 nitrogen and oxygen atoms in total. The van der Waals surface area contributed by atoms with Gasteiger partial charge in [0.05, 0.1) is 17.0 Å². The Kier molecular flexibility index (Phi) is 7.19. The number of unbranched alkanes of at least 4 members (excludes halogenated alkanes) is 1. The number of benzene rings is 1. The maximum absolute atomic E-state index is 13.0. The minimum absolute atomic E-state index is 0.0341. The van der Waals surface area contributed by atoms with Crippen LogP contribution < -0.4 is 10.6 Å². The van der Waals surface area contributed by atoms with E-state index in [-0.39, 0.29) is 23.3 Å². The molecule has 35 heavy (non-hydrogen) atoms. The zero-order chi connectivity index (χ0) is 25.4. The van der Waals surface area contributed by atoms with Crippen molar-refractivity contribution in [2.24, 2.45) is 16.6 Å². The van der Waals surface area contributed by atoms with Crippen molar-refractivity contribution in [2.45, 2.75) is 79.6 Å². The van der Waals surface area contributed by atoms with E-state index < -0.39 is 0 Å². The number of fused-ring (bicyclic) bond motifs is 1. The van der Waals surface area contributed by atoms with Gasteiger partial charge in [0.1, 0.15) is 5.82 Å². The van der Waals surface area contributed by atoms with Gasteiger partial charge in [-0.05, 0) is 79.1 Å². The van der Waals surface area contributed by atoms with Crippen molar-refractivity contribution in [1.82, 2.24) is 4.90 Å². The average molecular weight is 478 g/mol. The maximum atomic E-state index is 13.0. The van der Waals surface area contributed by atoms with Gasteiger partial charge in [0.2, 0.25) is 0 Å². The van der Waals surface area contributed by atoms with E-state index in [1.54, 1.807) is 0 Å². The van der Waals surface area contributed by atoms with Crippen molar-refractivity contribution >= 4 is 11.6 Å². The predicted molar refractivity (Wildman–Crippen MR) is 144 cm³/mol. The normalized spacial score (nSPS) is 23.1. The summed E-state index contributed by atoms with van der Waals surface area (Å²) in [6, 6.07) is 8.45. The lowest BCUT2D eigenvalue weighted by Crippen LogP contribution is -2.47. The minimum atomic E-state index is -0.330. The Bertz CT molecular complexity index is 1070. The third-order valence-corrected chi connectivity index (χ3v) is 8.23. The summed E-state index contributed by atoms with van der Waals surface area (Å²) >= 11 is 0. The van der Waals surface area contributed by atoms with Crippen LogP contribution in [0.4, 0.5) is 5.69 Å². The van der Waals surface area contributed by atoms with Crippen LogP contribution in [-0.2, 0) is 4.79 Å². The summed E-state index contributed by atoms with van der Waals surface area (Å²) in [6.07, 6.45) is 8.84. The van der Waals surface area contributed by atoms with E-state index in [0.717, 1.165) is 75.0 Å². The Morgan fingerprint density at radius 1 is 1.11 bits per heavy atom. The molecule has 1 aliphatic carbocycles. The summed E-state index contributed by atoms with van der Waals surface area (Å²) in [5, 5.41) is 10.00. The number of carbonyl (C=O) groups excluding carboxylic acids is 1. The summed E-state index contributed by atoms with van der Waals surface area (Å²) < 4.78 is 0. The van der Waals surface area contributed by atoms with Crippen LogP contribution in [0.3, 0.4) is 0 Å².